The highest BCUT2D eigenvalue weighted by Gasteiger charge is 2.24. The normalized spacial score (nSPS) is 27.3. The minimum absolute atomic E-state index is 0.121. The summed E-state index contributed by atoms with van der Waals surface area (Å²) in [6.07, 6.45) is 3.94. The van der Waals surface area contributed by atoms with Gasteiger partial charge in [0.25, 0.3) is 0 Å². The summed E-state index contributed by atoms with van der Waals surface area (Å²) in [5, 5.41) is 2.85. The van der Waals surface area contributed by atoms with Crippen molar-refractivity contribution in [3.63, 3.8) is 0 Å². The van der Waals surface area contributed by atoms with Gasteiger partial charge in [0.05, 0.1) is 6.61 Å². The zero-order valence-corrected chi connectivity index (χ0v) is 8.79. The molecule has 4 heteroatoms. The summed E-state index contributed by atoms with van der Waals surface area (Å²) in [6.45, 7) is 1.17. The number of methoxy groups -OCH3 is 1. The second kappa shape index (κ2) is 5.98. The third kappa shape index (κ3) is 3.64. The predicted octanol–water partition coefficient (Wildman–Crippen LogP) is 0.267. The Morgan fingerprint density at radius 1 is 1.57 bits per heavy atom. The van der Waals surface area contributed by atoms with Gasteiger partial charge in [0.2, 0.25) is 5.91 Å². The molecule has 1 aliphatic carbocycles. The molecule has 0 aromatic heterocycles. The first kappa shape index (κ1) is 11.5. The first-order valence-electron chi connectivity index (χ1n) is 5.26. The van der Waals surface area contributed by atoms with Crippen LogP contribution in [0, 0.1) is 5.92 Å². The van der Waals surface area contributed by atoms with Crippen LogP contribution >= 0.6 is 0 Å². The van der Waals surface area contributed by atoms with Crippen LogP contribution in [0.1, 0.15) is 25.7 Å². The van der Waals surface area contributed by atoms with Gasteiger partial charge in [-0.25, -0.2) is 0 Å². The van der Waals surface area contributed by atoms with Crippen LogP contribution in [0.15, 0.2) is 0 Å². The van der Waals surface area contributed by atoms with E-state index in [4.69, 9.17) is 10.5 Å². The van der Waals surface area contributed by atoms with E-state index in [1.165, 1.54) is 0 Å². The van der Waals surface area contributed by atoms with Gasteiger partial charge in [0.15, 0.2) is 0 Å². The lowest BCUT2D eigenvalue weighted by atomic mass is 9.85. The fourth-order valence-corrected chi connectivity index (χ4v) is 1.89. The lowest BCUT2D eigenvalue weighted by Gasteiger charge is -2.25. The summed E-state index contributed by atoms with van der Waals surface area (Å²) in [5.74, 6) is 0.257. The average Bonchev–Trinajstić information content (AvgIpc) is 2.18. The molecule has 1 amide bonds. The number of amides is 1. The van der Waals surface area contributed by atoms with E-state index < -0.39 is 0 Å². The average molecular weight is 200 g/mol. The summed E-state index contributed by atoms with van der Waals surface area (Å²) in [6, 6.07) is 0.210. The molecule has 0 aliphatic heterocycles. The van der Waals surface area contributed by atoms with E-state index in [1.54, 1.807) is 7.11 Å². The SMILES string of the molecule is COCCNC(=O)C1CCCC(N)C1. The lowest BCUT2D eigenvalue weighted by Crippen LogP contribution is -2.38. The van der Waals surface area contributed by atoms with Gasteiger partial charge in [-0.1, -0.05) is 6.42 Å². The lowest BCUT2D eigenvalue weighted by molar-refractivity contribution is -0.126. The smallest absolute Gasteiger partial charge is 0.223 e. The first-order chi connectivity index (χ1) is 6.74. The maximum Gasteiger partial charge on any atom is 0.223 e. The molecule has 0 bridgehead atoms. The van der Waals surface area contributed by atoms with Crippen molar-refractivity contribution in [1.82, 2.24) is 5.32 Å². The summed E-state index contributed by atoms with van der Waals surface area (Å²) in [4.78, 5) is 11.6. The van der Waals surface area contributed by atoms with Crippen molar-refractivity contribution in [3.05, 3.63) is 0 Å². The quantitative estimate of drug-likeness (QED) is 0.640. The van der Waals surface area contributed by atoms with Crippen LogP contribution in [0.3, 0.4) is 0 Å². The minimum Gasteiger partial charge on any atom is -0.383 e. The monoisotopic (exact) mass is 200 g/mol. The molecule has 0 saturated heterocycles. The molecular weight excluding hydrogens is 180 g/mol. The summed E-state index contributed by atoms with van der Waals surface area (Å²) < 4.78 is 4.86. The van der Waals surface area contributed by atoms with Gasteiger partial charge >= 0.3 is 0 Å². The standard InChI is InChI=1S/C10H20N2O2/c1-14-6-5-12-10(13)8-3-2-4-9(11)7-8/h8-9H,2-7,11H2,1H3,(H,12,13). The van der Waals surface area contributed by atoms with Gasteiger partial charge in [-0.3, -0.25) is 4.79 Å². The molecule has 1 rings (SSSR count). The maximum absolute atomic E-state index is 11.6. The van der Waals surface area contributed by atoms with Crippen molar-refractivity contribution in [2.75, 3.05) is 20.3 Å². The Bertz CT molecular complexity index is 185. The van der Waals surface area contributed by atoms with Crippen molar-refractivity contribution in [2.45, 2.75) is 31.7 Å². The Morgan fingerprint density at radius 2 is 2.36 bits per heavy atom. The van der Waals surface area contributed by atoms with Crippen molar-refractivity contribution < 1.29 is 9.53 Å². The Labute approximate surface area is 85.2 Å². The zero-order valence-electron chi connectivity index (χ0n) is 8.79. The number of rotatable bonds is 4. The highest BCUT2D eigenvalue weighted by molar-refractivity contribution is 5.78. The van der Waals surface area contributed by atoms with Gasteiger partial charge in [-0.15, -0.1) is 0 Å². The molecule has 1 aliphatic rings. The topological polar surface area (TPSA) is 64.3 Å². The Morgan fingerprint density at radius 3 is 3.00 bits per heavy atom. The van der Waals surface area contributed by atoms with E-state index in [1.807, 2.05) is 0 Å². The molecule has 0 spiro atoms. The molecule has 2 atom stereocenters. The van der Waals surface area contributed by atoms with Gasteiger partial charge in [-0.2, -0.15) is 0 Å². The van der Waals surface area contributed by atoms with Crippen molar-refractivity contribution in [2.24, 2.45) is 11.7 Å². The number of nitrogens with two attached hydrogens (primary N) is 1. The molecule has 0 heterocycles. The van der Waals surface area contributed by atoms with Crippen molar-refractivity contribution in [3.8, 4) is 0 Å². The van der Waals surface area contributed by atoms with Crippen LogP contribution in [0.2, 0.25) is 0 Å². The molecular formula is C10H20N2O2. The second-order valence-electron chi connectivity index (χ2n) is 3.91. The number of carbonyl (C=O) groups is 1. The van der Waals surface area contributed by atoms with Crippen molar-refractivity contribution >= 4 is 5.91 Å². The van der Waals surface area contributed by atoms with Crippen LogP contribution in [0.5, 0.6) is 0 Å². The molecule has 3 N–H and O–H groups in total. The van der Waals surface area contributed by atoms with E-state index in [0.29, 0.717) is 13.2 Å². The molecule has 0 radical (unpaired) electrons. The summed E-state index contributed by atoms with van der Waals surface area (Å²) >= 11 is 0. The van der Waals surface area contributed by atoms with Gasteiger partial charge in [-0.05, 0) is 19.3 Å². The van der Waals surface area contributed by atoms with E-state index in [9.17, 15) is 4.79 Å². The van der Waals surface area contributed by atoms with Crippen LogP contribution in [-0.2, 0) is 9.53 Å². The molecule has 2 unspecified atom stereocenters. The van der Waals surface area contributed by atoms with Crippen molar-refractivity contribution in [1.29, 1.82) is 0 Å². The number of hydrogen-bond donors (Lipinski definition) is 2. The number of carbonyl (C=O) groups excluding carboxylic acids is 1. The zero-order chi connectivity index (χ0) is 10.4. The van der Waals surface area contributed by atoms with E-state index in [-0.39, 0.29) is 17.9 Å². The largest absolute Gasteiger partial charge is 0.383 e. The molecule has 0 aromatic carbocycles. The van der Waals surface area contributed by atoms with Gasteiger partial charge in [0.1, 0.15) is 0 Å². The summed E-state index contributed by atoms with van der Waals surface area (Å²) in [5.41, 5.74) is 5.81. The number of ether oxygens (including phenoxy) is 1. The van der Waals surface area contributed by atoms with Gasteiger partial charge < -0.3 is 15.8 Å². The molecule has 0 aromatic rings. The van der Waals surface area contributed by atoms with Crippen LogP contribution in [0.25, 0.3) is 0 Å². The molecule has 82 valence electrons. The first-order valence-corrected chi connectivity index (χ1v) is 5.26. The molecule has 14 heavy (non-hydrogen) atoms. The minimum atomic E-state index is 0.121. The molecule has 4 nitrogen and oxygen atoms in total. The maximum atomic E-state index is 11.6. The van der Waals surface area contributed by atoms with Crippen LogP contribution in [0.4, 0.5) is 0 Å². The Kier molecular flexibility index (Phi) is 4.90. The number of nitrogens with one attached hydrogen (secondary N) is 1. The van der Waals surface area contributed by atoms with Gasteiger partial charge in [0, 0.05) is 25.6 Å². The predicted molar refractivity (Wildman–Crippen MR) is 54.8 cm³/mol. The second-order valence-corrected chi connectivity index (χ2v) is 3.91. The van der Waals surface area contributed by atoms with E-state index in [2.05, 4.69) is 5.32 Å². The third-order valence-corrected chi connectivity index (χ3v) is 2.69. The van der Waals surface area contributed by atoms with Crippen LogP contribution < -0.4 is 11.1 Å². The Balaban J connectivity index is 2.22. The highest BCUT2D eigenvalue weighted by atomic mass is 16.5. The number of hydrogen-bond acceptors (Lipinski definition) is 3. The van der Waals surface area contributed by atoms with E-state index >= 15 is 0 Å². The fourth-order valence-electron chi connectivity index (χ4n) is 1.89. The Hall–Kier alpha value is -0.610. The summed E-state index contributed by atoms with van der Waals surface area (Å²) in [7, 11) is 1.63. The fraction of sp³-hybridized carbons (Fsp3) is 0.900. The highest BCUT2D eigenvalue weighted by Crippen LogP contribution is 2.22. The van der Waals surface area contributed by atoms with E-state index in [0.717, 1.165) is 25.7 Å². The molecule has 1 fully saturated rings. The third-order valence-electron chi connectivity index (χ3n) is 2.69. The molecule has 1 saturated carbocycles. The van der Waals surface area contributed by atoms with Crippen LogP contribution in [-0.4, -0.2) is 32.2 Å².